The first-order valence-corrected chi connectivity index (χ1v) is 13.3. The second-order valence-corrected chi connectivity index (χ2v) is 11.0. The normalized spacial score (nSPS) is 18.3. The molecule has 0 spiro atoms. The molecule has 2 amide bonds. The lowest BCUT2D eigenvalue weighted by atomic mass is 10.1. The van der Waals surface area contributed by atoms with Crippen LogP contribution in [0.3, 0.4) is 0 Å². The van der Waals surface area contributed by atoms with Crippen LogP contribution in [-0.2, 0) is 25.1 Å². The molecule has 2 heterocycles. The maximum atomic E-state index is 13.2. The zero-order chi connectivity index (χ0) is 25.0. The molecule has 0 bridgehead atoms. The van der Waals surface area contributed by atoms with Crippen molar-refractivity contribution in [3.05, 3.63) is 58.4 Å². The van der Waals surface area contributed by atoms with Gasteiger partial charge >= 0.3 is 0 Å². The number of halogens is 2. The third kappa shape index (κ3) is 6.69. The SMILES string of the molecule is O=C(NCCN1CCOCC1)c1ccc2c(c1)NC(=O)[C@@H](CS(=O)(=O)Cc1ccc(F)cc1Cl)N2. The van der Waals surface area contributed by atoms with Crippen LogP contribution in [-0.4, -0.2) is 76.3 Å². The number of ether oxygens (including phenoxy) is 1. The van der Waals surface area contributed by atoms with Crippen molar-refractivity contribution in [2.45, 2.75) is 11.8 Å². The molecular weight excluding hydrogens is 499 g/mol. The Kier molecular flexibility index (Phi) is 7.90. The van der Waals surface area contributed by atoms with E-state index in [1.54, 1.807) is 18.2 Å². The van der Waals surface area contributed by atoms with Crippen LogP contribution in [0.4, 0.5) is 15.8 Å². The molecule has 0 aromatic heterocycles. The average Bonchev–Trinajstić information content (AvgIpc) is 2.81. The zero-order valence-corrected chi connectivity index (χ0v) is 20.4. The van der Waals surface area contributed by atoms with Crippen LogP contribution in [0.25, 0.3) is 0 Å². The second kappa shape index (κ2) is 10.9. The molecular formula is C23H26ClFN4O5S. The third-order valence-electron chi connectivity index (χ3n) is 5.81. The number of anilines is 2. The summed E-state index contributed by atoms with van der Waals surface area (Å²) in [7, 11) is -3.75. The Hall–Kier alpha value is -2.73. The maximum Gasteiger partial charge on any atom is 0.251 e. The monoisotopic (exact) mass is 524 g/mol. The smallest absolute Gasteiger partial charge is 0.251 e. The van der Waals surface area contributed by atoms with E-state index < -0.39 is 39.1 Å². The number of rotatable bonds is 8. The molecule has 2 aliphatic heterocycles. The van der Waals surface area contributed by atoms with E-state index in [0.29, 0.717) is 36.7 Å². The highest BCUT2D eigenvalue weighted by molar-refractivity contribution is 7.90. The Morgan fingerprint density at radius 2 is 1.94 bits per heavy atom. The van der Waals surface area contributed by atoms with Crippen LogP contribution in [0.2, 0.25) is 5.02 Å². The first-order chi connectivity index (χ1) is 16.7. The van der Waals surface area contributed by atoms with Crippen LogP contribution in [0.5, 0.6) is 0 Å². The molecule has 9 nitrogen and oxygen atoms in total. The number of nitrogens with one attached hydrogen (secondary N) is 3. The van der Waals surface area contributed by atoms with Crippen molar-refractivity contribution in [2.75, 3.05) is 55.8 Å². The van der Waals surface area contributed by atoms with Crippen LogP contribution >= 0.6 is 11.6 Å². The molecule has 12 heteroatoms. The highest BCUT2D eigenvalue weighted by Gasteiger charge is 2.31. The van der Waals surface area contributed by atoms with Crippen LogP contribution in [0, 0.1) is 5.82 Å². The summed E-state index contributed by atoms with van der Waals surface area (Å²) in [6.45, 7) is 4.25. The largest absolute Gasteiger partial charge is 0.379 e. The summed E-state index contributed by atoms with van der Waals surface area (Å²) in [5.74, 6) is -2.26. The van der Waals surface area contributed by atoms with Crippen LogP contribution in [0.15, 0.2) is 36.4 Å². The van der Waals surface area contributed by atoms with Gasteiger partial charge in [-0.05, 0) is 35.9 Å². The number of nitrogens with zero attached hydrogens (tertiary/aromatic N) is 1. The summed E-state index contributed by atoms with van der Waals surface area (Å²) >= 11 is 5.95. The van der Waals surface area contributed by atoms with Gasteiger partial charge in [0.1, 0.15) is 11.9 Å². The summed E-state index contributed by atoms with van der Waals surface area (Å²) in [6.07, 6.45) is 0. The lowest BCUT2D eigenvalue weighted by Gasteiger charge is -2.27. The minimum atomic E-state index is -3.75. The van der Waals surface area contributed by atoms with Crippen molar-refractivity contribution in [3.8, 4) is 0 Å². The first kappa shape index (κ1) is 25.4. The van der Waals surface area contributed by atoms with Gasteiger partial charge in [0.05, 0.1) is 36.1 Å². The summed E-state index contributed by atoms with van der Waals surface area (Å²) in [4.78, 5) is 27.3. The number of benzene rings is 2. The Labute approximate surface area is 207 Å². The molecule has 0 radical (unpaired) electrons. The van der Waals surface area contributed by atoms with Gasteiger partial charge in [-0.3, -0.25) is 14.5 Å². The van der Waals surface area contributed by atoms with Gasteiger partial charge in [0.15, 0.2) is 9.84 Å². The number of sulfone groups is 1. The zero-order valence-electron chi connectivity index (χ0n) is 18.9. The van der Waals surface area contributed by atoms with Crippen molar-refractivity contribution >= 4 is 44.6 Å². The van der Waals surface area contributed by atoms with Gasteiger partial charge in [-0.1, -0.05) is 17.7 Å². The van der Waals surface area contributed by atoms with Gasteiger partial charge < -0.3 is 20.7 Å². The van der Waals surface area contributed by atoms with Gasteiger partial charge in [0.2, 0.25) is 5.91 Å². The molecule has 2 aromatic rings. The molecule has 1 atom stereocenters. The van der Waals surface area contributed by atoms with E-state index in [2.05, 4.69) is 20.9 Å². The first-order valence-electron chi connectivity index (χ1n) is 11.1. The molecule has 2 aliphatic rings. The minimum Gasteiger partial charge on any atom is -0.379 e. The number of hydrogen-bond donors (Lipinski definition) is 3. The second-order valence-electron chi connectivity index (χ2n) is 8.45. The van der Waals surface area contributed by atoms with Crippen molar-refractivity contribution in [1.29, 1.82) is 0 Å². The van der Waals surface area contributed by atoms with Crippen molar-refractivity contribution < 1.29 is 27.1 Å². The number of carbonyl (C=O) groups is 2. The summed E-state index contributed by atoms with van der Waals surface area (Å²) in [5, 5.41) is 8.48. The quantitative estimate of drug-likeness (QED) is 0.483. The number of amides is 2. The molecule has 0 unspecified atom stereocenters. The van der Waals surface area contributed by atoms with Crippen molar-refractivity contribution in [3.63, 3.8) is 0 Å². The Balaban J connectivity index is 1.35. The molecule has 188 valence electrons. The topological polar surface area (TPSA) is 117 Å². The van der Waals surface area contributed by atoms with E-state index in [9.17, 15) is 22.4 Å². The molecule has 35 heavy (non-hydrogen) atoms. The van der Waals surface area contributed by atoms with E-state index in [-0.39, 0.29) is 16.5 Å². The fourth-order valence-electron chi connectivity index (χ4n) is 3.95. The van der Waals surface area contributed by atoms with Gasteiger partial charge in [0.25, 0.3) is 5.91 Å². The van der Waals surface area contributed by atoms with Gasteiger partial charge in [-0.15, -0.1) is 0 Å². The lowest BCUT2D eigenvalue weighted by molar-refractivity contribution is -0.116. The summed E-state index contributed by atoms with van der Waals surface area (Å²) in [5.41, 5.74) is 1.54. The Bertz CT molecular complexity index is 1220. The number of carbonyl (C=O) groups excluding carboxylic acids is 2. The Morgan fingerprint density at radius 3 is 2.69 bits per heavy atom. The summed E-state index contributed by atoms with van der Waals surface area (Å²) in [6, 6.07) is 7.25. The standard InChI is InChI=1S/C23H26ClFN4O5S/c24-18-12-17(25)3-1-16(18)13-35(32,33)14-21-23(31)28-20-11-15(2-4-19(20)27-21)22(30)26-5-6-29-7-9-34-10-8-29/h1-4,11-12,21,27H,5-10,13-14H2,(H,26,30)(H,28,31)/t21-/m1/s1. The number of morpholine rings is 1. The van der Waals surface area contributed by atoms with E-state index in [1.807, 2.05) is 0 Å². The highest BCUT2D eigenvalue weighted by Crippen LogP contribution is 2.29. The Morgan fingerprint density at radius 1 is 1.17 bits per heavy atom. The van der Waals surface area contributed by atoms with E-state index in [4.69, 9.17) is 16.3 Å². The molecule has 0 aliphatic carbocycles. The molecule has 1 fully saturated rings. The lowest BCUT2D eigenvalue weighted by Crippen LogP contribution is -2.44. The van der Waals surface area contributed by atoms with E-state index >= 15 is 0 Å². The minimum absolute atomic E-state index is 0.00993. The van der Waals surface area contributed by atoms with Crippen LogP contribution < -0.4 is 16.0 Å². The molecule has 2 aromatic carbocycles. The molecule has 0 saturated carbocycles. The number of hydrogen-bond acceptors (Lipinski definition) is 7. The fraction of sp³-hybridized carbons (Fsp3) is 0.391. The van der Waals surface area contributed by atoms with E-state index in [1.165, 1.54) is 6.07 Å². The van der Waals surface area contributed by atoms with E-state index in [0.717, 1.165) is 31.8 Å². The van der Waals surface area contributed by atoms with Gasteiger partial charge in [-0.25, -0.2) is 12.8 Å². The summed E-state index contributed by atoms with van der Waals surface area (Å²) < 4.78 is 43.9. The van der Waals surface area contributed by atoms with Crippen molar-refractivity contribution in [2.24, 2.45) is 0 Å². The fourth-order valence-corrected chi connectivity index (χ4v) is 5.85. The molecule has 3 N–H and O–H groups in total. The van der Waals surface area contributed by atoms with Crippen molar-refractivity contribution in [1.82, 2.24) is 10.2 Å². The average molecular weight is 525 g/mol. The highest BCUT2D eigenvalue weighted by atomic mass is 35.5. The van der Waals surface area contributed by atoms with Gasteiger partial charge in [0, 0.05) is 36.8 Å². The van der Waals surface area contributed by atoms with Gasteiger partial charge in [-0.2, -0.15) is 0 Å². The molecule has 1 saturated heterocycles. The predicted octanol–water partition coefficient (Wildman–Crippen LogP) is 1.89. The number of fused-ring (bicyclic) bond motifs is 1. The predicted molar refractivity (Wildman–Crippen MR) is 131 cm³/mol. The molecule has 4 rings (SSSR count). The third-order valence-corrected chi connectivity index (χ3v) is 7.76. The van der Waals surface area contributed by atoms with Crippen LogP contribution in [0.1, 0.15) is 15.9 Å². The maximum absolute atomic E-state index is 13.2.